The highest BCUT2D eigenvalue weighted by Crippen LogP contribution is 2.38. The van der Waals surface area contributed by atoms with E-state index in [0.717, 1.165) is 25.0 Å². The van der Waals surface area contributed by atoms with Crippen LogP contribution in [0.4, 0.5) is 5.95 Å². The second kappa shape index (κ2) is 5.62. The summed E-state index contributed by atoms with van der Waals surface area (Å²) in [6.07, 6.45) is 3.71. The molecule has 3 atom stereocenters. The molecule has 2 heterocycles. The molecule has 23 heavy (non-hydrogen) atoms. The number of benzene rings is 1. The summed E-state index contributed by atoms with van der Waals surface area (Å²) < 4.78 is 5.59. The normalized spacial score (nSPS) is 25.5. The van der Waals surface area contributed by atoms with Crippen LogP contribution in [0.3, 0.4) is 0 Å². The second-order valence-corrected chi connectivity index (χ2v) is 6.03. The standard InChI is InChI=1S/C17H18N4O2/c18-17-19-9-12(15(21-17)10-4-2-1-3-5-10)16(22)20-13-8-14-11(13)6-7-23-14/h1-5,9,11,13-14H,6-8H2,(H,20,22)(H2,18,19,21)/t11-,13+,14+/m0/s1. The highest BCUT2D eigenvalue weighted by Gasteiger charge is 2.45. The van der Waals surface area contributed by atoms with E-state index < -0.39 is 0 Å². The molecule has 1 aromatic heterocycles. The van der Waals surface area contributed by atoms with E-state index in [-0.39, 0.29) is 17.9 Å². The zero-order chi connectivity index (χ0) is 15.8. The lowest BCUT2D eigenvalue weighted by molar-refractivity contribution is 0.00810. The number of hydrogen-bond acceptors (Lipinski definition) is 5. The second-order valence-electron chi connectivity index (χ2n) is 6.03. The number of carbonyl (C=O) groups excluding carboxylic acids is 1. The molecular formula is C17H18N4O2. The summed E-state index contributed by atoms with van der Waals surface area (Å²) in [7, 11) is 0. The van der Waals surface area contributed by atoms with Crippen LogP contribution in [-0.4, -0.2) is 34.6 Å². The number of nitrogen functional groups attached to an aromatic ring is 1. The van der Waals surface area contributed by atoms with E-state index in [4.69, 9.17) is 10.5 Å². The predicted octanol–water partition coefficient (Wildman–Crippen LogP) is 1.63. The molecule has 2 aliphatic rings. The van der Waals surface area contributed by atoms with E-state index in [1.807, 2.05) is 30.3 Å². The Morgan fingerprint density at radius 3 is 2.91 bits per heavy atom. The molecule has 4 rings (SSSR count). The van der Waals surface area contributed by atoms with Crippen LogP contribution in [0, 0.1) is 5.92 Å². The number of amides is 1. The monoisotopic (exact) mass is 310 g/mol. The molecule has 2 aromatic rings. The Morgan fingerprint density at radius 2 is 2.13 bits per heavy atom. The highest BCUT2D eigenvalue weighted by atomic mass is 16.5. The Bertz CT molecular complexity index is 735. The van der Waals surface area contributed by atoms with E-state index in [0.29, 0.717) is 23.3 Å². The van der Waals surface area contributed by atoms with Gasteiger partial charge in [0.05, 0.1) is 17.4 Å². The summed E-state index contributed by atoms with van der Waals surface area (Å²) in [6.45, 7) is 0.794. The SMILES string of the molecule is Nc1ncc(C(=O)N[C@@H]2C[C@H]3OCC[C@@H]23)c(-c2ccccc2)n1. The minimum absolute atomic E-state index is 0.154. The van der Waals surface area contributed by atoms with Crippen molar-refractivity contribution in [1.82, 2.24) is 15.3 Å². The summed E-state index contributed by atoms with van der Waals surface area (Å²) in [5.41, 5.74) is 7.57. The molecule has 0 bridgehead atoms. The van der Waals surface area contributed by atoms with Gasteiger partial charge in [0.2, 0.25) is 5.95 Å². The predicted molar refractivity (Wildman–Crippen MR) is 85.6 cm³/mol. The van der Waals surface area contributed by atoms with E-state index in [9.17, 15) is 4.79 Å². The quantitative estimate of drug-likeness (QED) is 0.899. The maximum Gasteiger partial charge on any atom is 0.255 e. The smallest absolute Gasteiger partial charge is 0.255 e. The van der Waals surface area contributed by atoms with Crippen LogP contribution < -0.4 is 11.1 Å². The Morgan fingerprint density at radius 1 is 1.30 bits per heavy atom. The van der Waals surface area contributed by atoms with Gasteiger partial charge >= 0.3 is 0 Å². The van der Waals surface area contributed by atoms with Crippen molar-refractivity contribution in [3.63, 3.8) is 0 Å². The fourth-order valence-corrected chi connectivity index (χ4v) is 3.39. The van der Waals surface area contributed by atoms with Crippen LogP contribution in [0.2, 0.25) is 0 Å². The number of anilines is 1. The number of aromatic nitrogens is 2. The fraction of sp³-hybridized carbons (Fsp3) is 0.353. The molecule has 1 aliphatic carbocycles. The number of carbonyl (C=O) groups is 1. The van der Waals surface area contributed by atoms with E-state index in [1.54, 1.807) is 0 Å². The van der Waals surface area contributed by atoms with Crippen molar-refractivity contribution in [2.75, 3.05) is 12.3 Å². The average molecular weight is 310 g/mol. The molecule has 2 fully saturated rings. The fourth-order valence-electron chi connectivity index (χ4n) is 3.39. The van der Waals surface area contributed by atoms with Crippen LogP contribution in [0.1, 0.15) is 23.2 Å². The van der Waals surface area contributed by atoms with Crippen molar-refractivity contribution in [2.45, 2.75) is 25.0 Å². The van der Waals surface area contributed by atoms with Crippen molar-refractivity contribution in [3.05, 3.63) is 42.1 Å². The minimum Gasteiger partial charge on any atom is -0.378 e. The Kier molecular flexibility index (Phi) is 3.46. The molecular weight excluding hydrogens is 292 g/mol. The molecule has 6 nitrogen and oxygen atoms in total. The van der Waals surface area contributed by atoms with Crippen LogP contribution in [-0.2, 0) is 4.74 Å². The van der Waals surface area contributed by atoms with Gasteiger partial charge < -0.3 is 15.8 Å². The Balaban J connectivity index is 1.59. The van der Waals surface area contributed by atoms with Gasteiger partial charge in [0.1, 0.15) is 0 Å². The minimum atomic E-state index is -0.154. The summed E-state index contributed by atoms with van der Waals surface area (Å²) in [6, 6.07) is 9.72. The summed E-state index contributed by atoms with van der Waals surface area (Å²) in [5, 5.41) is 3.09. The molecule has 1 amide bonds. The van der Waals surface area contributed by atoms with Gasteiger partial charge in [-0.15, -0.1) is 0 Å². The van der Waals surface area contributed by atoms with Gasteiger partial charge in [-0.05, 0) is 12.8 Å². The van der Waals surface area contributed by atoms with Gasteiger partial charge in [-0.25, -0.2) is 9.97 Å². The lowest BCUT2D eigenvalue weighted by Gasteiger charge is -2.39. The molecule has 3 N–H and O–H groups in total. The van der Waals surface area contributed by atoms with E-state index in [2.05, 4.69) is 15.3 Å². The van der Waals surface area contributed by atoms with Gasteiger partial charge in [0, 0.05) is 30.3 Å². The maximum atomic E-state index is 12.7. The molecule has 0 spiro atoms. The van der Waals surface area contributed by atoms with Gasteiger partial charge in [-0.2, -0.15) is 0 Å². The zero-order valence-corrected chi connectivity index (χ0v) is 12.6. The Labute approximate surface area is 134 Å². The zero-order valence-electron chi connectivity index (χ0n) is 12.6. The number of ether oxygens (including phenoxy) is 1. The molecule has 1 saturated carbocycles. The first-order chi connectivity index (χ1) is 11.2. The third-order valence-electron chi connectivity index (χ3n) is 4.68. The highest BCUT2D eigenvalue weighted by molar-refractivity contribution is 6.00. The first-order valence-corrected chi connectivity index (χ1v) is 7.83. The average Bonchev–Trinajstić information content (AvgIpc) is 2.94. The largest absolute Gasteiger partial charge is 0.378 e. The number of nitrogens with one attached hydrogen (secondary N) is 1. The molecule has 1 aromatic carbocycles. The van der Waals surface area contributed by atoms with Crippen molar-refractivity contribution in [1.29, 1.82) is 0 Å². The lowest BCUT2D eigenvalue weighted by Crippen LogP contribution is -2.53. The van der Waals surface area contributed by atoms with Gasteiger partial charge in [-0.3, -0.25) is 4.79 Å². The van der Waals surface area contributed by atoms with E-state index in [1.165, 1.54) is 6.20 Å². The number of nitrogens with zero attached hydrogens (tertiary/aromatic N) is 2. The summed E-state index contributed by atoms with van der Waals surface area (Å²) in [5.74, 6) is 0.446. The lowest BCUT2D eigenvalue weighted by atomic mass is 9.76. The van der Waals surface area contributed by atoms with Crippen molar-refractivity contribution < 1.29 is 9.53 Å². The van der Waals surface area contributed by atoms with Crippen molar-refractivity contribution in [2.24, 2.45) is 5.92 Å². The third-order valence-corrected chi connectivity index (χ3v) is 4.68. The molecule has 6 heteroatoms. The van der Waals surface area contributed by atoms with Gasteiger partial charge in [-0.1, -0.05) is 30.3 Å². The van der Waals surface area contributed by atoms with E-state index >= 15 is 0 Å². The number of hydrogen-bond donors (Lipinski definition) is 2. The first-order valence-electron chi connectivity index (χ1n) is 7.83. The summed E-state index contributed by atoms with van der Waals surface area (Å²) >= 11 is 0. The number of rotatable bonds is 3. The maximum absolute atomic E-state index is 12.7. The van der Waals surface area contributed by atoms with Crippen LogP contribution >= 0.6 is 0 Å². The Hall–Kier alpha value is -2.47. The van der Waals surface area contributed by atoms with Crippen LogP contribution in [0.5, 0.6) is 0 Å². The first kappa shape index (κ1) is 14.1. The topological polar surface area (TPSA) is 90.1 Å². The van der Waals surface area contributed by atoms with Crippen molar-refractivity contribution in [3.8, 4) is 11.3 Å². The molecule has 118 valence electrons. The third kappa shape index (κ3) is 2.55. The molecule has 1 saturated heterocycles. The molecule has 0 radical (unpaired) electrons. The van der Waals surface area contributed by atoms with Crippen molar-refractivity contribution >= 4 is 11.9 Å². The van der Waals surface area contributed by atoms with Crippen LogP contribution in [0.25, 0.3) is 11.3 Å². The summed E-state index contributed by atoms with van der Waals surface area (Å²) in [4.78, 5) is 20.9. The van der Waals surface area contributed by atoms with Gasteiger partial charge in [0.15, 0.2) is 0 Å². The molecule has 1 aliphatic heterocycles. The van der Waals surface area contributed by atoms with Crippen LogP contribution in [0.15, 0.2) is 36.5 Å². The van der Waals surface area contributed by atoms with Gasteiger partial charge in [0.25, 0.3) is 5.91 Å². The number of nitrogens with two attached hydrogens (primary N) is 1. The number of fused-ring (bicyclic) bond motifs is 1. The molecule has 0 unspecified atom stereocenters.